The van der Waals surface area contributed by atoms with E-state index in [2.05, 4.69) is 5.32 Å². The summed E-state index contributed by atoms with van der Waals surface area (Å²) in [6.45, 7) is 4.92. The lowest BCUT2D eigenvalue weighted by Crippen LogP contribution is -2.41. The van der Waals surface area contributed by atoms with E-state index >= 15 is 0 Å². The Morgan fingerprint density at radius 2 is 1.60 bits per heavy atom. The summed E-state index contributed by atoms with van der Waals surface area (Å²) in [5.41, 5.74) is 0.723. The summed E-state index contributed by atoms with van der Waals surface area (Å²) in [6.07, 6.45) is -3.07. The second-order valence-corrected chi connectivity index (χ2v) is 6.17. The zero-order valence-corrected chi connectivity index (χ0v) is 12.0. The summed E-state index contributed by atoms with van der Waals surface area (Å²) < 4.78 is 50.5. The molecule has 1 N–H and O–H groups in total. The van der Waals surface area contributed by atoms with Crippen molar-refractivity contribution in [3.63, 3.8) is 0 Å². The first-order valence-electron chi connectivity index (χ1n) is 6.56. The van der Waals surface area contributed by atoms with Gasteiger partial charge < -0.3 is 5.32 Å². The van der Waals surface area contributed by atoms with Gasteiger partial charge in [0, 0.05) is 6.04 Å². The van der Waals surface area contributed by atoms with E-state index < -0.39 is 18.9 Å². The Kier molecular flexibility index (Phi) is 5.57. The number of alkyl halides is 4. The van der Waals surface area contributed by atoms with Crippen LogP contribution in [0.1, 0.15) is 38.8 Å². The highest BCUT2D eigenvalue weighted by molar-refractivity contribution is 5.19. The first-order chi connectivity index (χ1) is 9.12. The molecule has 1 aromatic rings. The maximum Gasteiger partial charge on any atom is 0.319 e. The highest BCUT2D eigenvalue weighted by atomic mass is 19.3. The summed E-state index contributed by atoms with van der Waals surface area (Å²) >= 11 is 0. The Morgan fingerprint density at radius 3 is 2.05 bits per heavy atom. The van der Waals surface area contributed by atoms with Crippen molar-refractivity contribution in [2.75, 3.05) is 6.54 Å². The molecule has 0 aromatic heterocycles. The fraction of sp³-hybridized carbons (Fsp3) is 0.600. The molecule has 0 radical (unpaired) electrons. The molecule has 5 heteroatoms. The molecule has 0 amide bonds. The van der Waals surface area contributed by atoms with Gasteiger partial charge in [-0.15, -0.1) is 0 Å². The molecule has 0 fully saturated rings. The van der Waals surface area contributed by atoms with E-state index in [9.17, 15) is 17.6 Å². The zero-order valence-electron chi connectivity index (χ0n) is 12.0. The molecule has 0 aliphatic rings. The number of halogens is 4. The molecule has 114 valence electrons. The Labute approximate surface area is 117 Å². The summed E-state index contributed by atoms with van der Waals surface area (Å²) in [7, 11) is 0. The third-order valence-electron chi connectivity index (χ3n) is 2.92. The van der Waals surface area contributed by atoms with E-state index in [-0.39, 0.29) is 11.5 Å². The molecular formula is C15H21F4N. The third-order valence-corrected chi connectivity index (χ3v) is 2.92. The lowest BCUT2D eigenvalue weighted by molar-refractivity contribution is -0.126. The average molecular weight is 291 g/mol. The standard InChI is InChI=1S/C15H21F4N/c1-14(2,3)9-12(11-7-5-4-6-8-11)20-10-15(18,19)13(16)17/h4-8,12-13,20H,9-10H2,1-3H3. The molecule has 0 spiro atoms. The molecule has 1 unspecified atom stereocenters. The van der Waals surface area contributed by atoms with Crippen LogP contribution in [-0.4, -0.2) is 18.9 Å². The molecule has 1 aromatic carbocycles. The van der Waals surface area contributed by atoms with Gasteiger partial charge in [-0.25, -0.2) is 8.78 Å². The van der Waals surface area contributed by atoms with Crippen LogP contribution in [0.5, 0.6) is 0 Å². The van der Waals surface area contributed by atoms with Crippen molar-refractivity contribution in [1.82, 2.24) is 5.32 Å². The SMILES string of the molecule is CC(C)(C)CC(NCC(F)(F)C(F)F)c1ccccc1. The van der Waals surface area contributed by atoms with Gasteiger partial charge in [-0.1, -0.05) is 51.1 Å². The fourth-order valence-electron chi connectivity index (χ4n) is 1.94. The molecule has 0 aliphatic heterocycles. The Morgan fingerprint density at radius 1 is 1.05 bits per heavy atom. The number of nitrogens with one attached hydrogen (secondary N) is 1. The lowest BCUT2D eigenvalue weighted by atomic mass is 9.85. The highest BCUT2D eigenvalue weighted by Crippen LogP contribution is 2.30. The number of rotatable bonds is 6. The van der Waals surface area contributed by atoms with Gasteiger partial charge >= 0.3 is 12.3 Å². The van der Waals surface area contributed by atoms with Crippen LogP contribution in [0.25, 0.3) is 0 Å². The maximum absolute atomic E-state index is 13.0. The minimum Gasteiger partial charge on any atom is -0.304 e. The minimum absolute atomic E-state index is 0.104. The van der Waals surface area contributed by atoms with Crippen LogP contribution in [-0.2, 0) is 0 Å². The lowest BCUT2D eigenvalue weighted by Gasteiger charge is -2.29. The van der Waals surface area contributed by atoms with Gasteiger partial charge in [0.05, 0.1) is 6.54 Å². The number of hydrogen-bond donors (Lipinski definition) is 1. The van der Waals surface area contributed by atoms with Crippen LogP contribution in [0, 0.1) is 5.41 Å². The molecule has 20 heavy (non-hydrogen) atoms. The molecule has 0 bridgehead atoms. The molecule has 1 atom stereocenters. The summed E-state index contributed by atoms with van der Waals surface area (Å²) in [4.78, 5) is 0. The van der Waals surface area contributed by atoms with Crippen LogP contribution in [0.4, 0.5) is 17.6 Å². The highest BCUT2D eigenvalue weighted by Gasteiger charge is 2.41. The summed E-state index contributed by atoms with van der Waals surface area (Å²) in [6, 6.07) is 8.68. The van der Waals surface area contributed by atoms with Crippen molar-refractivity contribution in [2.24, 2.45) is 5.41 Å². The van der Waals surface area contributed by atoms with Crippen LogP contribution in [0.15, 0.2) is 30.3 Å². The fourth-order valence-corrected chi connectivity index (χ4v) is 1.94. The Balaban J connectivity index is 2.80. The molecule has 0 saturated carbocycles. The van der Waals surface area contributed by atoms with E-state index in [1.807, 2.05) is 39.0 Å². The first kappa shape index (κ1) is 17.0. The van der Waals surface area contributed by atoms with E-state index in [0.29, 0.717) is 6.42 Å². The van der Waals surface area contributed by atoms with Crippen LogP contribution in [0.3, 0.4) is 0 Å². The number of hydrogen-bond acceptors (Lipinski definition) is 1. The predicted molar refractivity (Wildman–Crippen MR) is 72.2 cm³/mol. The minimum atomic E-state index is -4.01. The van der Waals surface area contributed by atoms with E-state index in [1.54, 1.807) is 12.1 Å². The third kappa shape index (κ3) is 5.49. The van der Waals surface area contributed by atoms with Crippen molar-refractivity contribution >= 4 is 0 Å². The second kappa shape index (κ2) is 6.57. The van der Waals surface area contributed by atoms with E-state index in [0.717, 1.165) is 5.56 Å². The predicted octanol–water partition coefficient (Wildman–Crippen LogP) is 4.65. The topological polar surface area (TPSA) is 12.0 Å². The van der Waals surface area contributed by atoms with E-state index in [1.165, 1.54) is 0 Å². The normalized spacial score (nSPS) is 14.6. The van der Waals surface area contributed by atoms with Gasteiger partial charge in [0.15, 0.2) is 0 Å². The van der Waals surface area contributed by atoms with Crippen LogP contribution < -0.4 is 5.32 Å². The smallest absolute Gasteiger partial charge is 0.304 e. The zero-order chi connectivity index (χ0) is 15.4. The Bertz CT molecular complexity index is 398. The molecule has 0 saturated heterocycles. The molecular weight excluding hydrogens is 270 g/mol. The van der Waals surface area contributed by atoms with E-state index in [4.69, 9.17) is 0 Å². The summed E-state index contributed by atoms with van der Waals surface area (Å²) in [5, 5.41) is 2.58. The molecule has 0 aliphatic carbocycles. The maximum atomic E-state index is 13.0. The van der Waals surface area contributed by atoms with Crippen LogP contribution in [0.2, 0.25) is 0 Å². The van der Waals surface area contributed by atoms with Crippen LogP contribution >= 0.6 is 0 Å². The largest absolute Gasteiger partial charge is 0.319 e. The van der Waals surface area contributed by atoms with Gasteiger partial charge in [0.25, 0.3) is 0 Å². The van der Waals surface area contributed by atoms with Gasteiger partial charge in [0.2, 0.25) is 0 Å². The Hall–Kier alpha value is -1.10. The monoisotopic (exact) mass is 291 g/mol. The van der Waals surface area contributed by atoms with Crippen molar-refractivity contribution in [3.8, 4) is 0 Å². The average Bonchev–Trinajstić information content (AvgIpc) is 2.34. The van der Waals surface area contributed by atoms with Gasteiger partial charge in [0.1, 0.15) is 0 Å². The quantitative estimate of drug-likeness (QED) is 0.752. The van der Waals surface area contributed by atoms with Gasteiger partial charge in [-0.3, -0.25) is 0 Å². The van der Waals surface area contributed by atoms with Gasteiger partial charge in [-0.05, 0) is 17.4 Å². The number of benzene rings is 1. The van der Waals surface area contributed by atoms with Crippen molar-refractivity contribution in [2.45, 2.75) is 45.6 Å². The van der Waals surface area contributed by atoms with Crippen molar-refractivity contribution in [3.05, 3.63) is 35.9 Å². The van der Waals surface area contributed by atoms with Gasteiger partial charge in [-0.2, -0.15) is 8.78 Å². The first-order valence-corrected chi connectivity index (χ1v) is 6.56. The summed E-state index contributed by atoms with van der Waals surface area (Å²) in [5.74, 6) is -4.01. The van der Waals surface area contributed by atoms with Crippen molar-refractivity contribution in [1.29, 1.82) is 0 Å². The molecule has 0 heterocycles. The van der Waals surface area contributed by atoms with Crippen molar-refractivity contribution < 1.29 is 17.6 Å². The molecule has 1 rings (SSSR count). The molecule has 1 nitrogen and oxygen atoms in total. The second-order valence-electron chi connectivity index (χ2n) is 6.17.